The lowest BCUT2D eigenvalue weighted by atomic mass is 10.2. The second-order valence-corrected chi connectivity index (χ2v) is 4.37. The van der Waals surface area contributed by atoms with Gasteiger partial charge in [0, 0.05) is 0 Å². The molecule has 0 aliphatic heterocycles. The molecule has 72 valence electrons. The number of rotatable bonds is 5. The van der Waals surface area contributed by atoms with Gasteiger partial charge < -0.3 is 4.42 Å². The number of furan rings is 1. The smallest absolute Gasteiger partial charge is 0.175 e. The van der Waals surface area contributed by atoms with Crippen LogP contribution in [0.3, 0.4) is 0 Å². The molecule has 0 atom stereocenters. The van der Waals surface area contributed by atoms with Crippen LogP contribution in [-0.4, -0.2) is 17.3 Å². The van der Waals surface area contributed by atoms with Crippen LogP contribution in [0.15, 0.2) is 23.0 Å². The average molecular weight is 198 g/mol. The van der Waals surface area contributed by atoms with E-state index in [0.717, 1.165) is 5.75 Å². The van der Waals surface area contributed by atoms with Crippen molar-refractivity contribution in [3.63, 3.8) is 0 Å². The predicted molar refractivity (Wildman–Crippen MR) is 55.2 cm³/mol. The highest BCUT2D eigenvalue weighted by atomic mass is 32.2. The monoisotopic (exact) mass is 198 g/mol. The summed E-state index contributed by atoms with van der Waals surface area (Å²) in [6.07, 6.45) is 3.03. The molecule has 0 aliphatic rings. The quantitative estimate of drug-likeness (QED) is 0.681. The van der Waals surface area contributed by atoms with Crippen LogP contribution in [0.2, 0.25) is 0 Å². The molecule has 0 radical (unpaired) electrons. The van der Waals surface area contributed by atoms with Crippen molar-refractivity contribution in [3.05, 3.63) is 24.2 Å². The Labute approximate surface area is 82.7 Å². The van der Waals surface area contributed by atoms with E-state index in [4.69, 9.17) is 4.42 Å². The summed E-state index contributed by atoms with van der Waals surface area (Å²) in [5.41, 5.74) is 0.677. The summed E-state index contributed by atoms with van der Waals surface area (Å²) in [6.45, 7) is 4.30. The first kappa shape index (κ1) is 10.4. The summed E-state index contributed by atoms with van der Waals surface area (Å²) < 4.78 is 4.83. The van der Waals surface area contributed by atoms with Gasteiger partial charge in [0.25, 0.3) is 0 Å². The highest BCUT2D eigenvalue weighted by Gasteiger charge is 2.06. The standard InChI is InChI=1S/C10H14O2S/c1-8(2)6-13-7-10(11)9-3-4-12-5-9/h3-5,8H,6-7H2,1-2H3. The van der Waals surface area contributed by atoms with Crippen LogP contribution in [0.25, 0.3) is 0 Å². The minimum Gasteiger partial charge on any atom is -0.472 e. The van der Waals surface area contributed by atoms with Crippen LogP contribution in [0.4, 0.5) is 0 Å². The molecule has 0 unspecified atom stereocenters. The zero-order valence-corrected chi connectivity index (χ0v) is 8.76. The second-order valence-electron chi connectivity index (χ2n) is 3.34. The van der Waals surface area contributed by atoms with Crippen LogP contribution < -0.4 is 0 Å². The summed E-state index contributed by atoms with van der Waals surface area (Å²) in [7, 11) is 0. The van der Waals surface area contributed by atoms with Gasteiger partial charge in [-0.2, -0.15) is 11.8 Å². The van der Waals surface area contributed by atoms with E-state index in [1.807, 2.05) is 0 Å². The average Bonchev–Trinajstić information content (AvgIpc) is 2.55. The first-order chi connectivity index (χ1) is 6.20. The van der Waals surface area contributed by atoms with Gasteiger partial charge in [0.1, 0.15) is 6.26 Å². The maximum Gasteiger partial charge on any atom is 0.175 e. The van der Waals surface area contributed by atoms with Gasteiger partial charge in [0.05, 0.1) is 17.6 Å². The number of Topliss-reactive ketones (excluding diaryl/α,β-unsaturated/α-hetero) is 1. The van der Waals surface area contributed by atoms with E-state index in [0.29, 0.717) is 17.2 Å². The van der Waals surface area contributed by atoms with Gasteiger partial charge in [-0.15, -0.1) is 0 Å². The molecule has 1 aromatic heterocycles. The molecule has 0 spiro atoms. The Hall–Kier alpha value is -0.700. The van der Waals surface area contributed by atoms with Crippen molar-refractivity contribution in [2.45, 2.75) is 13.8 Å². The minimum absolute atomic E-state index is 0.152. The number of carbonyl (C=O) groups is 1. The van der Waals surface area contributed by atoms with Crippen molar-refractivity contribution in [2.24, 2.45) is 5.92 Å². The maximum atomic E-state index is 11.4. The SMILES string of the molecule is CC(C)CSCC(=O)c1ccoc1. The van der Waals surface area contributed by atoms with E-state index in [-0.39, 0.29) is 5.78 Å². The van der Waals surface area contributed by atoms with Crippen molar-refractivity contribution in [2.75, 3.05) is 11.5 Å². The fraction of sp³-hybridized carbons (Fsp3) is 0.500. The molecule has 0 amide bonds. The Balaban J connectivity index is 2.27. The lowest BCUT2D eigenvalue weighted by Crippen LogP contribution is -2.02. The second kappa shape index (κ2) is 5.12. The Morgan fingerprint density at radius 1 is 1.62 bits per heavy atom. The van der Waals surface area contributed by atoms with Gasteiger partial charge >= 0.3 is 0 Å². The summed E-state index contributed by atoms with van der Waals surface area (Å²) in [4.78, 5) is 11.4. The molecular formula is C10H14O2S. The zero-order chi connectivity index (χ0) is 9.68. The van der Waals surface area contributed by atoms with Gasteiger partial charge in [0.2, 0.25) is 0 Å². The van der Waals surface area contributed by atoms with Crippen molar-refractivity contribution < 1.29 is 9.21 Å². The fourth-order valence-corrected chi connectivity index (χ4v) is 1.84. The fourth-order valence-electron chi connectivity index (χ4n) is 0.894. The minimum atomic E-state index is 0.152. The summed E-state index contributed by atoms with van der Waals surface area (Å²) >= 11 is 1.68. The third kappa shape index (κ3) is 3.68. The van der Waals surface area contributed by atoms with E-state index in [1.54, 1.807) is 17.8 Å². The van der Waals surface area contributed by atoms with Gasteiger partial charge in [-0.25, -0.2) is 0 Å². The van der Waals surface area contributed by atoms with E-state index in [9.17, 15) is 4.79 Å². The Kier molecular flexibility index (Phi) is 4.09. The van der Waals surface area contributed by atoms with Gasteiger partial charge in [0.15, 0.2) is 5.78 Å². The highest BCUT2D eigenvalue weighted by molar-refractivity contribution is 7.99. The van der Waals surface area contributed by atoms with E-state index < -0.39 is 0 Å². The molecule has 13 heavy (non-hydrogen) atoms. The third-order valence-electron chi connectivity index (χ3n) is 1.53. The van der Waals surface area contributed by atoms with Crippen LogP contribution in [0.1, 0.15) is 24.2 Å². The molecule has 1 rings (SSSR count). The molecule has 0 bridgehead atoms. The molecule has 1 aromatic rings. The van der Waals surface area contributed by atoms with Crippen LogP contribution in [0.5, 0.6) is 0 Å². The van der Waals surface area contributed by atoms with E-state index in [2.05, 4.69) is 13.8 Å². The van der Waals surface area contributed by atoms with Crippen molar-refractivity contribution in [1.29, 1.82) is 0 Å². The number of carbonyl (C=O) groups excluding carboxylic acids is 1. The largest absolute Gasteiger partial charge is 0.472 e. The van der Waals surface area contributed by atoms with Crippen molar-refractivity contribution in [3.8, 4) is 0 Å². The lowest BCUT2D eigenvalue weighted by molar-refractivity contribution is 0.102. The van der Waals surface area contributed by atoms with Crippen molar-refractivity contribution >= 4 is 17.5 Å². The number of thioether (sulfide) groups is 1. The molecule has 0 aromatic carbocycles. The molecule has 1 heterocycles. The van der Waals surface area contributed by atoms with Crippen molar-refractivity contribution in [1.82, 2.24) is 0 Å². The number of hydrogen-bond donors (Lipinski definition) is 0. The molecule has 2 nitrogen and oxygen atoms in total. The molecule has 0 fully saturated rings. The number of hydrogen-bond acceptors (Lipinski definition) is 3. The molecule has 3 heteroatoms. The first-order valence-corrected chi connectivity index (χ1v) is 5.48. The van der Waals surface area contributed by atoms with Gasteiger partial charge in [-0.05, 0) is 17.7 Å². The predicted octanol–water partition coefficient (Wildman–Crippen LogP) is 2.85. The van der Waals surface area contributed by atoms with Crippen LogP contribution in [-0.2, 0) is 0 Å². The Morgan fingerprint density at radius 2 is 2.38 bits per heavy atom. The molecular weight excluding hydrogens is 184 g/mol. The summed E-state index contributed by atoms with van der Waals surface area (Å²) in [5, 5.41) is 0. The van der Waals surface area contributed by atoms with E-state index in [1.165, 1.54) is 12.5 Å². The van der Waals surface area contributed by atoms with E-state index >= 15 is 0 Å². The topological polar surface area (TPSA) is 30.2 Å². The number of ketones is 1. The zero-order valence-electron chi connectivity index (χ0n) is 7.95. The van der Waals surface area contributed by atoms with Gasteiger partial charge in [-0.1, -0.05) is 13.8 Å². The highest BCUT2D eigenvalue weighted by Crippen LogP contribution is 2.11. The Bertz CT molecular complexity index is 252. The maximum absolute atomic E-state index is 11.4. The van der Waals surface area contributed by atoms with Crippen LogP contribution in [0, 0.1) is 5.92 Å². The normalized spacial score (nSPS) is 10.7. The molecule has 0 N–H and O–H groups in total. The molecule has 0 aliphatic carbocycles. The molecule has 0 saturated carbocycles. The third-order valence-corrected chi connectivity index (χ3v) is 2.90. The van der Waals surface area contributed by atoms with Gasteiger partial charge in [-0.3, -0.25) is 4.79 Å². The lowest BCUT2D eigenvalue weighted by Gasteiger charge is -2.02. The summed E-state index contributed by atoms with van der Waals surface area (Å²) in [5.74, 6) is 2.38. The molecule has 0 saturated heterocycles. The summed E-state index contributed by atoms with van der Waals surface area (Å²) in [6, 6.07) is 1.71. The first-order valence-electron chi connectivity index (χ1n) is 4.33. The van der Waals surface area contributed by atoms with Crippen LogP contribution >= 0.6 is 11.8 Å². The Morgan fingerprint density at radius 3 is 2.92 bits per heavy atom.